The number of aromatic nitrogens is 3. The Kier molecular flexibility index (Phi) is 4.57. The lowest BCUT2D eigenvalue weighted by molar-refractivity contribution is 0.0951. The Balaban J connectivity index is 1.55. The summed E-state index contributed by atoms with van der Waals surface area (Å²) in [6, 6.07) is 9.55. The maximum Gasteiger partial charge on any atom is 0.276 e. The van der Waals surface area contributed by atoms with Gasteiger partial charge in [0.1, 0.15) is 11.8 Å². The molecule has 0 aliphatic rings. The Morgan fingerprint density at radius 2 is 2.04 bits per heavy atom. The normalized spacial score (nSPS) is 11.1. The number of aryl methyl sites for hydroxylation is 2. The van der Waals surface area contributed by atoms with Crippen LogP contribution in [0.1, 0.15) is 21.5 Å². The molecule has 1 aromatic carbocycles. The van der Waals surface area contributed by atoms with Crippen molar-refractivity contribution in [2.75, 3.05) is 6.54 Å². The SMILES string of the molecule is Cc1ccc(-c2cc3c(=O)n(CCNC(=O)c4ccoc4)ccn3n2)c(C)c1. The predicted octanol–water partition coefficient (Wildman–Crippen LogP) is 2.80. The van der Waals surface area contributed by atoms with E-state index in [2.05, 4.69) is 16.5 Å². The van der Waals surface area contributed by atoms with Crippen LogP contribution < -0.4 is 10.9 Å². The highest BCUT2D eigenvalue weighted by atomic mass is 16.3. The highest BCUT2D eigenvalue weighted by Gasteiger charge is 2.11. The summed E-state index contributed by atoms with van der Waals surface area (Å²) in [4.78, 5) is 24.7. The van der Waals surface area contributed by atoms with Gasteiger partial charge in [-0.3, -0.25) is 9.59 Å². The van der Waals surface area contributed by atoms with E-state index in [-0.39, 0.29) is 11.5 Å². The summed E-state index contributed by atoms with van der Waals surface area (Å²) >= 11 is 0. The van der Waals surface area contributed by atoms with Gasteiger partial charge in [0.25, 0.3) is 11.5 Å². The second kappa shape index (κ2) is 7.19. The van der Waals surface area contributed by atoms with E-state index in [0.717, 1.165) is 16.8 Å². The maximum atomic E-state index is 12.8. The average Bonchev–Trinajstić information content (AvgIpc) is 3.33. The van der Waals surface area contributed by atoms with Gasteiger partial charge in [-0.2, -0.15) is 5.10 Å². The van der Waals surface area contributed by atoms with Crippen molar-refractivity contribution in [3.63, 3.8) is 0 Å². The van der Waals surface area contributed by atoms with Crippen molar-refractivity contribution in [1.82, 2.24) is 19.5 Å². The lowest BCUT2D eigenvalue weighted by atomic mass is 10.0. The quantitative estimate of drug-likeness (QED) is 0.581. The fourth-order valence-corrected chi connectivity index (χ4v) is 3.22. The van der Waals surface area contributed by atoms with E-state index in [1.165, 1.54) is 18.1 Å². The van der Waals surface area contributed by atoms with E-state index in [4.69, 9.17) is 4.42 Å². The molecule has 0 bridgehead atoms. The summed E-state index contributed by atoms with van der Waals surface area (Å²) < 4.78 is 8.06. The molecule has 28 heavy (non-hydrogen) atoms. The first-order chi connectivity index (χ1) is 13.5. The molecule has 0 aliphatic heterocycles. The maximum absolute atomic E-state index is 12.8. The summed E-state index contributed by atoms with van der Waals surface area (Å²) in [5, 5.41) is 7.31. The van der Waals surface area contributed by atoms with E-state index >= 15 is 0 Å². The minimum absolute atomic E-state index is 0.149. The highest BCUT2D eigenvalue weighted by molar-refractivity contribution is 5.93. The molecule has 3 aromatic heterocycles. The van der Waals surface area contributed by atoms with Gasteiger partial charge in [0.05, 0.1) is 17.5 Å². The lowest BCUT2D eigenvalue weighted by Crippen LogP contribution is -2.30. The molecule has 1 N–H and O–H groups in total. The predicted molar refractivity (Wildman–Crippen MR) is 105 cm³/mol. The Hall–Kier alpha value is -3.61. The third kappa shape index (κ3) is 3.34. The van der Waals surface area contributed by atoms with Crippen LogP contribution in [0.5, 0.6) is 0 Å². The molecule has 0 spiro atoms. The lowest BCUT2D eigenvalue weighted by Gasteiger charge is -2.07. The van der Waals surface area contributed by atoms with Crippen molar-refractivity contribution in [3.05, 3.63) is 82.3 Å². The van der Waals surface area contributed by atoms with Gasteiger partial charge in [0.2, 0.25) is 0 Å². The zero-order chi connectivity index (χ0) is 19.7. The smallest absolute Gasteiger partial charge is 0.276 e. The second-order valence-corrected chi connectivity index (χ2v) is 6.74. The third-order valence-corrected chi connectivity index (χ3v) is 4.68. The zero-order valence-corrected chi connectivity index (χ0v) is 15.7. The van der Waals surface area contributed by atoms with E-state index in [9.17, 15) is 9.59 Å². The van der Waals surface area contributed by atoms with Gasteiger partial charge in [-0.05, 0) is 31.5 Å². The van der Waals surface area contributed by atoms with Crippen LogP contribution in [0.15, 0.2) is 64.5 Å². The van der Waals surface area contributed by atoms with Crippen LogP contribution in [0.3, 0.4) is 0 Å². The Morgan fingerprint density at radius 3 is 2.79 bits per heavy atom. The molecule has 1 amide bonds. The molecule has 0 saturated heterocycles. The molecule has 0 unspecified atom stereocenters. The average molecular weight is 376 g/mol. The van der Waals surface area contributed by atoms with Gasteiger partial charge in [0.15, 0.2) is 0 Å². The van der Waals surface area contributed by atoms with Gasteiger partial charge < -0.3 is 14.3 Å². The summed E-state index contributed by atoms with van der Waals surface area (Å²) in [6.45, 7) is 4.78. The molecular formula is C21H20N4O3. The molecule has 0 radical (unpaired) electrons. The zero-order valence-electron chi connectivity index (χ0n) is 15.7. The number of carbonyl (C=O) groups excluding carboxylic acids is 1. The highest BCUT2D eigenvalue weighted by Crippen LogP contribution is 2.23. The number of fused-ring (bicyclic) bond motifs is 1. The number of benzene rings is 1. The molecule has 142 valence electrons. The monoisotopic (exact) mass is 376 g/mol. The molecule has 4 rings (SSSR count). The van der Waals surface area contributed by atoms with Crippen LogP contribution in [0.25, 0.3) is 16.8 Å². The molecule has 3 heterocycles. The van der Waals surface area contributed by atoms with E-state index < -0.39 is 0 Å². The van der Waals surface area contributed by atoms with Gasteiger partial charge >= 0.3 is 0 Å². The number of hydrogen-bond acceptors (Lipinski definition) is 4. The van der Waals surface area contributed by atoms with Crippen molar-refractivity contribution in [1.29, 1.82) is 0 Å². The first-order valence-corrected chi connectivity index (χ1v) is 9.00. The Bertz CT molecular complexity index is 1200. The number of nitrogens with zero attached hydrogens (tertiary/aromatic N) is 3. The van der Waals surface area contributed by atoms with Crippen LogP contribution in [0.2, 0.25) is 0 Å². The third-order valence-electron chi connectivity index (χ3n) is 4.68. The van der Waals surface area contributed by atoms with Crippen LogP contribution in [-0.2, 0) is 6.54 Å². The van der Waals surface area contributed by atoms with E-state index in [1.807, 2.05) is 26.0 Å². The fraction of sp³-hybridized carbons (Fsp3) is 0.190. The second-order valence-electron chi connectivity index (χ2n) is 6.74. The number of amides is 1. The van der Waals surface area contributed by atoms with Crippen LogP contribution in [-0.4, -0.2) is 26.6 Å². The minimum Gasteiger partial charge on any atom is -0.472 e. The number of nitrogens with one attached hydrogen (secondary N) is 1. The first kappa shape index (κ1) is 17.8. The minimum atomic E-state index is -0.232. The molecule has 0 fully saturated rings. The van der Waals surface area contributed by atoms with Crippen molar-refractivity contribution in [2.45, 2.75) is 20.4 Å². The molecule has 0 saturated carbocycles. The summed E-state index contributed by atoms with van der Waals surface area (Å²) in [5.41, 5.74) is 4.88. The molecule has 0 atom stereocenters. The Labute approximate surface area is 161 Å². The van der Waals surface area contributed by atoms with Crippen molar-refractivity contribution in [3.8, 4) is 11.3 Å². The molecule has 4 aromatic rings. The number of hydrogen-bond donors (Lipinski definition) is 1. The van der Waals surface area contributed by atoms with Crippen molar-refractivity contribution >= 4 is 11.4 Å². The van der Waals surface area contributed by atoms with Crippen molar-refractivity contribution < 1.29 is 9.21 Å². The van der Waals surface area contributed by atoms with Crippen molar-refractivity contribution in [2.24, 2.45) is 0 Å². The van der Waals surface area contributed by atoms with Gasteiger partial charge in [-0.15, -0.1) is 0 Å². The molecule has 7 heteroatoms. The number of furan rings is 1. The first-order valence-electron chi connectivity index (χ1n) is 9.00. The van der Waals surface area contributed by atoms with Gasteiger partial charge in [0, 0.05) is 31.0 Å². The number of rotatable bonds is 5. The molecular weight excluding hydrogens is 356 g/mol. The summed E-state index contributed by atoms with van der Waals surface area (Å²) in [6.07, 6.45) is 6.26. The van der Waals surface area contributed by atoms with E-state index in [0.29, 0.717) is 24.2 Å². The largest absolute Gasteiger partial charge is 0.472 e. The van der Waals surface area contributed by atoms with Crippen LogP contribution in [0, 0.1) is 13.8 Å². The topological polar surface area (TPSA) is 81.5 Å². The van der Waals surface area contributed by atoms with Gasteiger partial charge in [-0.25, -0.2) is 4.52 Å². The van der Waals surface area contributed by atoms with Crippen LogP contribution in [0.4, 0.5) is 0 Å². The summed E-state index contributed by atoms with van der Waals surface area (Å²) in [5.74, 6) is -0.232. The van der Waals surface area contributed by atoms with E-state index in [1.54, 1.807) is 33.6 Å². The number of carbonyl (C=O) groups is 1. The standard InChI is InChI=1S/C21H20N4O3/c1-14-3-4-17(15(2)11-14)18-12-19-21(27)24(8-9-25(19)23-18)7-6-22-20(26)16-5-10-28-13-16/h3-5,8-13H,6-7H2,1-2H3,(H,22,26). The Morgan fingerprint density at radius 1 is 1.18 bits per heavy atom. The molecule has 0 aliphatic carbocycles. The van der Waals surface area contributed by atoms with Crippen LogP contribution >= 0.6 is 0 Å². The fourth-order valence-electron chi connectivity index (χ4n) is 3.22. The molecule has 7 nitrogen and oxygen atoms in total. The summed E-state index contributed by atoms with van der Waals surface area (Å²) in [7, 11) is 0. The van der Waals surface area contributed by atoms with Gasteiger partial charge in [-0.1, -0.05) is 23.8 Å².